The molecule has 1 aliphatic heterocycles. The predicted octanol–water partition coefficient (Wildman–Crippen LogP) is 0.825. The third kappa shape index (κ3) is 4.93. The van der Waals surface area contributed by atoms with Gasteiger partial charge in [0, 0.05) is 6.04 Å². The summed E-state index contributed by atoms with van der Waals surface area (Å²) in [5.74, 6) is 1.27. The second-order valence-corrected chi connectivity index (χ2v) is 10.5. The average Bonchev–Trinajstić information content (AvgIpc) is 2.66. The molecule has 1 aromatic rings. The van der Waals surface area contributed by atoms with Gasteiger partial charge in [-0.3, -0.25) is 4.79 Å². The Morgan fingerprint density at radius 2 is 1.79 bits per heavy atom. The number of hydrogen-bond donors (Lipinski definition) is 2. The number of piperazine rings is 1. The first kappa shape index (κ1) is 21.3. The minimum absolute atomic E-state index is 0.0933. The largest absolute Gasteiger partial charge is 0.348 e. The quantitative estimate of drug-likeness (QED) is 0.758. The molecule has 1 aromatic carbocycles. The number of hydrogen-bond acceptors (Lipinski definition) is 3. The van der Waals surface area contributed by atoms with Gasteiger partial charge in [-0.25, -0.2) is 8.42 Å². The smallest absolute Gasteiger partial charge is 0.275 e. The van der Waals surface area contributed by atoms with E-state index in [1.165, 1.54) is 12.8 Å². The van der Waals surface area contributed by atoms with Crippen LogP contribution in [0.15, 0.2) is 29.2 Å². The Kier molecular flexibility index (Phi) is 6.78. The average molecular weight is 409 g/mol. The first-order valence-corrected chi connectivity index (χ1v) is 11.9. The molecule has 2 fully saturated rings. The second-order valence-electron chi connectivity index (χ2n) is 8.59. The Bertz CT molecular complexity index is 771. The third-order valence-corrected chi connectivity index (χ3v) is 8.46. The van der Waals surface area contributed by atoms with Crippen LogP contribution in [0.25, 0.3) is 0 Å². The van der Waals surface area contributed by atoms with Crippen LogP contribution in [0.4, 0.5) is 0 Å². The molecular formula is C21H34N3O3S+. The Balaban J connectivity index is 1.50. The predicted molar refractivity (Wildman–Crippen MR) is 110 cm³/mol. The second kappa shape index (κ2) is 8.93. The summed E-state index contributed by atoms with van der Waals surface area (Å²) in [6, 6.07) is 7.27. The van der Waals surface area contributed by atoms with E-state index >= 15 is 0 Å². The lowest BCUT2D eigenvalue weighted by molar-refractivity contribution is -0.895. The maximum Gasteiger partial charge on any atom is 0.275 e. The molecule has 3 rings (SSSR count). The number of amides is 1. The van der Waals surface area contributed by atoms with Gasteiger partial charge in [-0.2, -0.15) is 4.31 Å². The standard InChI is InChI=1S/C21H33N3O3S/c1-16-7-9-19(10-8-16)28(26,27)24-13-11-23(12-14-24)15-21(25)22-20-6-4-5-17(2)18(20)3/h7-10,17-18,20H,4-6,11-15H2,1-3H3,(H,22,25)/p+1/t17-,18+,20-/m0/s1. The molecule has 1 heterocycles. The van der Waals surface area contributed by atoms with Crippen molar-refractivity contribution in [1.29, 1.82) is 0 Å². The van der Waals surface area contributed by atoms with Gasteiger partial charge >= 0.3 is 0 Å². The number of carbonyl (C=O) groups excluding carboxylic acids is 1. The SMILES string of the molecule is Cc1ccc(S(=O)(=O)N2CC[NH+](CC(=O)N[C@H]3CCC[C@H](C)[C@H]3C)CC2)cc1. The lowest BCUT2D eigenvalue weighted by Crippen LogP contribution is -3.15. The molecule has 1 aliphatic carbocycles. The molecule has 1 amide bonds. The molecule has 3 atom stereocenters. The molecule has 0 aromatic heterocycles. The molecule has 28 heavy (non-hydrogen) atoms. The maximum atomic E-state index is 12.8. The van der Waals surface area contributed by atoms with Crippen molar-refractivity contribution in [2.45, 2.75) is 51.0 Å². The number of carbonyl (C=O) groups is 1. The molecule has 2 aliphatic rings. The summed E-state index contributed by atoms with van der Waals surface area (Å²) >= 11 is 0. The van der Waals surface area contributed by atoms with E-state index in [4.69, 9.17) is 0 Å². The fourth-order valence-electron chi connectivity index (χ4n) is 4.35. The molecule has 1 saturated heterocycles. The summed E-state index contributed by atoms with van der Waals surface area (Å²) < 4.78 is 27.1. The van der Waals surface area contributed by atoms with Crippen molar-refractivity contribution in [2.24, 2.45) is 11.8 Å². The molecule has 156 valence electrons. The van der Waals surface area contributed by atoms with E-state index in [1.807, 2.05) is 19.1 Å². The molecule has 6 nitrogen and oxygen atoms in total. The Morgan fingerprint density at radius 1 is 1.14 bits per heavy atom. The summed E-state index contributed by atoms with van der Waals surface area (Å²) in [4.78, 5) is 14.0. The molecule has 7 heteroatoms. The molecular weight excluding hydrogens is 374 g/mol. The van der Waals surface area contributed by atoms with Crippen molar-refractivity contribution in [1.82, 2.24) is 9.62 Å². The van der Waals surface area contributed by atoms with Crippen molar-refractivity contribution < 1.29 is 18.1 Å². The summed E-state index contributed by atoms with van der Waals surface area (Å²) in [7, 11) is -3.45. The third-order valence-electron chi connectivity index (χ3n) is 6.55. The van der Waals surface area contributed by atoms with Crippen LogP contribution < -0.4 is 10.2 Å². The van der Waals surface area contributed by atoms with Crippen LogP contribution in [0, 0.1) is 18.8 Å². The molecule has 1 saturated carbocycles. The Morgan fingerprint density at radius 3 is 2.43 bits per heavy atom. The lowest BCUT2D eigenvalue weighted by Gasteiger charge is -2.35. The fraction of sp³-hybridized carbons (Fsp3) is 0.667. The van der Waals surface area contributed by atoms with Gasteiger partial charge in [-0.1, -0.05) is 44.4 Å². The van der Waals surface area contributed by atoms with Crippen molar-refractivity contribution in [2.75, 3.05) is 32.7 Å². The topological polar surface area (TPSA) is 70.9 Å². The molecule has 0 unspecified atom stereocenters. The zero-order valence-electron chi connectivity index (χ0n) is 17.3. The zero-order valence-corrected chi connectivity index (χ0v) is 18.1. The van der Waals surface area contributed by atoms with E-state index in [0.717, 1.165) is 16.9 Å². The monoisotopic (exact) mass is 408 g/mol. The van der Waals surface area contributed by atoms with Gasteiger partial charge in [0.1, 0.15) is 0 Å². The molecule has 0 radical (unpaired) electrons. The highest BCUT2D eigenvalue weighted by Crippen LogP contribution is 2.29. The van der Waals surface area contributed by atoms with E-state index < -0.39 is 10.0 Å². The van der Waals surface area contributed by atoms with E-state index in [-0.39, 0.29) is 11.9 Å². The first-order valence-electron chi connectivity index (χ1n) is 10.5. The van der Waals surface area contributed by atoms with Crippen LogP contribution in [0.2, 0.25) is 0 Å². The Labute approximate surface area is 169 Å². The number of rotatable bonds is 5. The van der Waals surface area contributed by atoms with Gasteiger partial charge in [0.15, 0.2) is 6.54 Å². The van der Waals surface area contributed by atoms with Gasteiger partial charge in [0.25, 0.3) is 5.91 Å². The number of aryl methyl sites for hydroxylation is 1. The van der Waals surface area contributed by atoms with Crippen LogP contribution in [0.3, 0.4) is 0 Å². The summed E-state index contributed by atoms with van der Waals surface area (Å²) in [6.07, 6.45) is 3.49. The number of sulfonamides is 1. The zero-order chi connectivity index (χ0) is 20.3. The van der Waals surface area contributed by atoms with E-state index in [9.17, 15) is 13.2 Å². The van der Waals surface area contributed by atoms with Gasteiger partial charge in [0.05, 0.1) is 31.1 Å². The molecule has 0 spiro atoms. The van der Waals surface area contributed by atoms with Crippen LogP contribution in [-0.4, -0.2) is 57.4 Å². The van der Waals surface area contributed by atoms with Crippen molar-refractivity contribution in [3.63, 3.8) is 0 Å². The van der Waals surface area contributed by atoms with Gasteiger partial charge < -0.3 is 10.2 Å². The lowest BCUT2D eigenvalue weighted by atomic mass is 9.78. The summed E-state index contributed by atoms with van der Waals surface area (Å²) in [5, 5.41) is 3.23. The van der Waals surface area contributed by atoms with Crippen LogP contribution >= 0.6 is 0 Å². The van der Waals surface area contributed by atoms with Gasteiger partial charge in [0.2, 0.25) is 10.0 Å². The maximum absolute atomic E-state index is 12.8. The van der Waals surface area contributed by atoms with E-state index in [0.29, 0.717) is 49.5 Å². The highest BCUT2D eigenvalue weighted by atomic mass is 32.2. The number of nitrogens with zero attached hydrogens (tertiary/aromatic N) is 1. The van der Waals surface area contributed by atoms with Crippen LogP contribution in [0.1, 0.15) is 38.7 Å². The van der Waals surface area contributed by atoms with E-state index in [2.05, 4.69) is 19.2 Å². The van der Waals surface area contributed by atoms with E-state index in [1.54, 1.807) is 16.4 Å². The van der Waals surface area contributed by atoms with Crippen LogP contribution in [0.5, 0.6) is 0 Å². The van der Waals surface area contributed by atoms with Gasteiger partial charge in [-0.15, -0.1) is 0 Å². The minimum Gasteiger partial charge on any atom is -0.348 e. The number of benzene rings is 1. The highest BCUT2D eigenvalue weighted by Gasteiger charge is 2.32. The highest BCUT2D eigenvalue weighted by molar-refractivity contribution is 7.89. The first-order chi connectivity index (χ1) is 13.3. The minimum atomic E-state index is -3.45. The van der Waals surface area contributed by atoms with Crippen molar-refractivity contribution in [3.05, 3.63) is 29.8 Å². The summed E-state index contributed by atoms with van der Waals surface area (Å²) in [5.41, 5.74) is 1.04. The number of quaternary nitrogens is 1. The van der Waals surface area contributed by atoms with Crippen molar-refractivity contribution in [3.8, 4) is 0 Å². The molecule has 0 bridgehead atoms. The number of nitrogens with one attached hydrogen (secondary N) is 2. The fourth-order valence-corrected chi connectivity index (χ4v) is 5.79. The molecule has 2 N–H and O–H groups in total. The normalized spacial score (nSPS) is 27.5. The Hall–Kier alpha value is -1.44. The van der Waals surface area contributed by atoms with Crippen molar-refractivity contribution >= 4 is 15.9 Å². The van der Waals surface area contributed by atoms with Crippen LogP contribution in [-0.2, 0) is 14.8 Å². The summed E-state index contributed by atoms with van der Waals surface area (Å²) in [6.45, 7) is 9.10. The van der Waals surface area contributed by atoms with Gasteiger partial charge in [-0.05, 0) is 37.3 Å².